The molecule has 0 aliphatic carbocycles. The van der Waals surface area contributed by atoms with Gasteiger partial charge < -0.3 is 24.6 Å². The fourth-order valence-corrected chi connectivity index (χ4v) is 4.06. The first-order chi connectivity index (χ1) is 14.9. The van der Waals surface area contributed by atoms with Crippen molar-refractivity contribution in [3.8, 4) is 17.2 Å². The summed E-state index contributed by atoms with van der Waals surface area (Å²) in [7, 11) is 4.61. The molecular formula is C22H25ClN2O6. The first-order valence-electron chi connectivity index (χ1n) is 9.70. The van der Waals surface area contributed by atoms with Gasteiger partial charge in [-0.05, 0) is 47.9 Å². The molecule has 0 saturated carbocycles. The summed E-state index contributed by atoms with van der Waals surface area (Å²) in [6.07, 6.45) is 0.525. The van der Waals surface area contributed by atoms with E-state index in [1.165, 1.54) is 14.2 Å². The van der Waals surface area contributed by atoms with Crippen LogP contribution < -0.4 is 19.5 Å². The molecule has 0 saturated heterocycles. The third-order valence-corrected chi connectivity index (χ3v) is 5.56. The van der Waals surface area contributed by atoms with Gasteiger partial charge in [-0.15, -0.1) is 0 Å². The van der Waals surface area contributed by atoms with Gasteiger partial charge in [-0.2, -0.15) is 0 Å². The molecule has 0 aromatic heterocycles. The highest BCUT2D eigenvalue weighted by molar-refractivity contribution is 6.32. The molecule has 0 radical (unpaired) electrons. The molecule has 166 valence electrons. The van der Waals surface area contributed by atoms with Crippen molar-refractivity contribution in [2.24, 2.45) is 0 Å². The van der Waals surface area contributed by atoms with Crippen molar-refractivity contribution in [1.29, 1.82) is 0 Å². The van der Waals surface area contributed by atoms with Crippen LogP contribution in [0.4, 0.5) is 5.69 Å². The average molecular weight is 449 g/mol. The Morgan fingerprint density at radius 2 is 1.77 bits per heavy atom. The van der Waals surface area contributed by atoms with E-state index in [2.05, 4.69) is 5.32 Å². The van der Waals surface area contributed by atoms with E-state index >= 15 is 0 Å². The van der Waals surface area contributed by atoms with E-state index < -0.39 is 12.0 Å². The van der Waals surface area contributed by atoms with Crippen molar-refractivity contribution in [2.75, 3.05) is 39.7 Å². The number of carbonyl (C=O) groups is 2. The van der Waals surface area contributed by atoms with Crippen LogP contribution in [-0.4, -0.2) is 56.3 Å². The van der Waals surface area contributed by atoms with Crippen LogP contribution in [0.2, 0.25) is 5.02 Å². The molecule has 1 aliphatic rings. The first kappa shape index (κ1) is 22.7. The largest absolute Gasteiger partial charge is 0.495 e. The summed E-state index contributed by atoms with van der Waals surface area (Å²) in [6, 6.07) is 8.18. The molecule has 1 amide bonds. The summed E-state index contributed by atoms with van der Waals surface area (Å²) in [5.74, 6) is 0.424. The van der Waals surface area contributed by atoms with Gasteiger partial charge >= 0.3 is 5.97 Å². The minimum absolute atomic E-state index is 0.0371. The zero-order chi connectivity index (χ0) is 22.5. The minimum Gasteiger partial charge on any atom is -0.495 e. The van der Waals surface area contributed by atoms with E-state index in [9.17, 15) is 14.7 Å². The second-order valence-corrected chi connectivity index (χ2v) is 7.54. The normalized spacial score (nSPS) is 15.7. The number of fused-ring (bicyclic) bond motifs is 1. The van der Waals surface area contributed by atoms with Crippen molar-refractivity contribution in [1.82, 2.24) is 4.90 Å². The standard InChI is InChI=1S/C22H25ClN2O6/c1-29-18-5-4-14(9-16(18)23)24-21(26)12-25-7-6-13-8-19(30-2)20(31-3)10-15(13)17(25)11-22(27)28/h4-5,8-10,17H,6-7,11-12H2,1-3H3,(H,24,26)(H,27,28)/t17-/m0/s1. The van der Waals surface area contributed by atoms with Gasteiger partial charge in [-0.3, -0.25) is 14.5 Å². The quantitative estimate of drug-likeness (QED) is 0.638. The number of carboxylic acids is 1. The predicted molar refractivity (Wildman–Crippen MR) is 116 cm³/mol. The highest BCUT2D eigenvalue weighted by Crippen LogP contribution is 2.39. The summed E-state index contributed by atoms with van der Waals surface area (Å²) in [5, 5.41) is 12.7. The molecule has 2 aromatic rings. The van der Waals surface area contributed by atoms with E-state index in [-0.39, 0.29) is 18.9 Å². The molecule has 3 rings (SSSR count). The first-order valence-corrected chi connectivity index (χ1v) is 10.1. The van der Waals surface area contributed by atoms with Gasteiger partial charge in [0.05, 0.1) is 39.3 Å². The van der Waals surface area contributed by atoms with Gasteiger partial charge in [0.1, 0.15) is 5.75 Å². The molecule has 2 aromatic carbocycles. The van der Waals surface area contributed by atoms with E-state index in [4.69, 9.17) is 25.8 Å². The van der Waals surface area contributed by atoms with Crippen LogP contribution >= 0.6 is 11.6 Å². The van der Waals surface area contributed by atoms with Crippen LogP contribution in [0.25, 0.3) is 0 Å². The molecule has 2 N–H and O–H groups in total. The highest BCUT2D eigenvalue weighted by Gasteiger charge is 2.32. The molecule has 0 unspecified atom stereocenters. The number of nitrogens with zero attached hydrogens (tertiary/aromatic N) is 1. The Bertz CT molecular complexity index is 981. The Kier molecular flexibility index (Phi) is 7.25. The number of halogens is 1. The number of hydrogen-bond donors (Lipinski definition) is 2. The second-order valence-electron chi connectivity index (χ2n) is 7.14. The lowest BCUT2D eigenvalue weighted by Crippen LogP contribution is -2.41. The number of rotatable bonds is 8. The molecule has 0 spiro atoms. The van der Waals surface area contributed by atoms with Crippen LogP contribution in [0.3, 0.4) is 0 Å². The number of nitrogens with one attached hydrogen (secondary N) is 1. The monoisotopic (exact) mass is 448 g/mol. The second kappa shape index (κ2) is 9.89. The lowest BCUT2D eigenvalue weighted by molar-refractivity contribution is -0.139. The van der Waals surface area contributed by atoms with E-state index in [0.29, 0.717) is 40.9 Å². The Balaban J connectivity index is 1.81. The molecule has 1 atom stereocenters. The number of amides is 1. The topological polar surface area (TPSA) is 97.3 Å². The van der Waals surface area contributed by atoms with Crippen LogP contribution in [0, 0.1) is 0 Å². The van der Waals surface area contributed by atoms with Gasteiger partial charge in [0.2, 0.25) is 5.91 Å². The Hall–Kier alpha value is -2.97. The Morgan fingerprint density at radius 1 is 1.10 bits per heavy atom. The molecule has 8 nitrogen and oxygen atoms in total. The summed E-state index contributed by atoms with van der Waals surface area (Å²) >= 11 is 6.12. The van der Waals surface area contributed by atoms with E-state index in [0.717, 1.165) is 11.1 Å². The fourth-order valence-electron chi connectivity index (χ4n) is 3.80. The van der Waals surface area contributed by atoms with Crippen molar-refractivity contribution in [3.05, 3.63) is 46.5 Å². The van der Waals surface area contributed by atoms with Crippen molar-refractivity contribution in [2.45, 2.75) is 18.9 Å². The predicted octanol–water partition coefficient (Wildman–Crippen LogP) is 3.38. The van der Waals surface area contributed by atoms with E-state index in [1.807, 2.05) is 11.0 Å². The van der Waals surface area contributed by atoms with Crippen LogP contribution in [0.1, 0.15) is 23.6 Å². The number of carbonyl (C=O) groups excluding carboxylic acids is 1. The van der Waals surface area contributed by atoms with Gasteiger partial charge in [0, 0.05) is 18.3 Å². The summed E-state index contributed by atoms with van der Waals surface area (Å²) < 4.78 is 15.9. The summed E-state index contributed by atoms with van der Waals surface area (Å²) in [4.78, 5) is 26.1. The maximum Gasteiger partial charge on any atom is 0.305 e. The molecule has 1 aliphatic heterocycles. The van der Waals surface area contributed by atoms with Crippen LogP contribution in [0.15, 0.2) is 30.3 Å². The smallest absolute Gasteiger partial charge is 0.305 e. The molecule has 0 fully saturated rings. The maximum absolute atomic E-state index is 12.7. The van der Waals surface area contributed by atoms with E-state index in [1.54, 1.807) is 31.4 Å². The van der Waals surface area contributed by atoms with Gasteiger partial charge in [-0.25, -0.2) is 0 Å². The lowest BCUT2D eigenvalue weighted by atomic mass is 9.90. The third kappa shape index (κ3) is 5.21. The molecular weight excluding hydrogens is 424 g/mol. The average Bonchev–Trinajstić information content (AvgIpc) is 2.74. The number of methoxy groups -OCH3 is 3. The number of ether oxygens (including phenoxy) is 3. The molecule has 0 bridgehead atoms. The van der Waals surface area contributed by atoms with Gasteiger partial charge in [0.15, 0.2) is 11.5 Å². The SMILES string of the molecule is COc1ccc(NC(=O)CN2CCc3cc(OC)c(OC)cc3[C@@H]2CC(=O)O)cc1Cl. The minimum atomic E-state index is -0.944. The number of benzene rings is 2. The number of anilines is 1. The summed E-state index contributed by atoms with van der Waals surface area (Å²) in [5.41, 5.74) is 2.35. The lowest BCUT2D eigenvalue weighted by Gasteiger charge is -2.36. The zero-order valence-corrected chi connectivity index (χ0v) is 18.4. The number of carboxylic acid groups (broad SMARTS) is 1. The van der Waals surface area contributed by atoms with Crippen molar-refractivity contribution in [3.63, 3.8) is 0 Å². The van der Waals surface area contributed by atoms with Crippen molar-refractivity contribution < 1.29 is 28.9 Å². The maximum atomic E-state index is 12.7. The molecule has 1 heterocycles. The summed E-state index contributed by atoms with van der Waals surface area (Å²) in [6.45, 7) is 0.576. The molecule has 9 heteroatoms. The van der Waals surface area contributed by atoms with Crippen LogP contribution in [-0.2, 0) is 16.0 Å². The highest BCUT2D eigenvalue weighted by atomic mass is 35.5. The molecule has 31 heavy (non-hydrogen) atoms. The third-order valence-electron chi connectivity index (χ3n) is 5.26. The number of hydrogen-bond acceptors (Lipinski definition) is 6. The zero-order valence-electron chi connectivity index (χ0n) is 17.6. The fraction of sp³-hybridized carbons (Fsp3) is 0.364. The Labute approximate surface area is 185 Å². The van der Waals surface area contributed by atoms with Gasteiger partial charge in [-0.1, -0.05) is 11.6 Å². The Morgan fingerprint density at radius 3 is 2.39 bits per heavy atom. The van der Waals surface area contributed by atoms with Gasteiger partial charge in [0.25, 0.3) is 0 Å². The number of aliphatic carboxylic acids is 1. The van der Waals surface area contributed by atoms with Crippen molar-refractivity contribution >= 4 is 29.2 Å². The van der Waals surface area contributed by atoms with Crippen LogP contribution in [0.5, 0.6) is 17.2 Å².